The predicted molar refractivity (Wildman–Crippen MR) is 118 cm³/mol. The summed E-state index contributed by atoms with van der Waals surface area (Å²) in [5.41, 5.74) is 1.53. The van der Waals surface area contributed by atoms with Crippen molar-refractivity contribution in [2.24, 2.45) is 5.92 Å². The third-order valence-corrected chi connectivity index (χ3v) is 7.95. The quantitative estimate of drug-likeness (QED) is 0.678. The Balaban J connectivity index is 1.94. The molecule has 2 aliphatic rings. The van der Waals surface area contributed by atoms with Crippen LogP contribution in [0.5, 0.6) is 0 Å². The molecule has 0 spiro atoms. The first-order valence-corrected chi connectivity index (χ1v) is 12.3. The molecular weight excluding hydrogens is 386 g/mol. The van der Waals surface area contributed by atoms with Gasteiger partial charge < -0.3 is 10.2 Å². The van der Waals surface area contributed by atoms with Gasteiger partial charge in [-0.3, -0.25) is 4.79 Å². The topological polar surface area (TPSA) is 69.7 Å². The van der Waals surface area contributed by atoms with Crippen LogP contribution in [0.3, 0.4) is 0 Å². The molecule has 0 bridgehead atoms. The van der Waals surface area contributed by atoms with E-state index in [4.69, 9.17) is 0 Å². The number of hydrogen-bond acceptors (Lipinski definition) is 4. The minimum atomic E-state index is -3.58. The third kappa shape index (κ3) is 5.01. The molecule has 0 unspecified atom stereocenters. The van der Waals surface area contributed by atoms with Crippen LogP contribution in [0.2, 0.25) is 0 Å². The van der Waals surface area contributed by atoms with Gasteiger partial charge in [0.2, 0.25) is 15.9 Å². The van der Waals surface area contributed by atoms with Gasteiger partial charge in [-0.15, -0.1) is 0 Å². The zero-order valence-corrected chi connectivity index (χ0v) is 18.4. The van der Waals surface area contributed by atoms with E-state index < -0.39 is 10.0 Å². The van der Waals surface area contributed by atoms with Crippen LogP contribution in [0.25, 0.3) is 0 Å². The molecule has 0 aromatic heterocycles. The summed E-state index contributed by atoms with van der Waals surface area (Å²) in [5, 5.41) is 3.07. The molecule has 1 amide bonds. The molecule has 1 atom stereocenters. The molecular formula is C22H33N3O3S. The minimum Gasteiger partial charge on any atom is -0.370 e. The lowest BCUT2D eigenvalue weighted by Gasteiger charge is -2.31. The fourth-order valence-electron chi connectivity index (χ4n) is 4.17. The van der Waals surface area contributed by atoms with Crippen LogP contribution >= 0.6 is 0 Å². The van der Waals surface area contributed by atoms with Gasteiger partial charge in [-0.05, 0) is 56.7 Å². The summed E-state index contributed by atoms with van der Waals surface area (Å²) in [5.74, 6) is -0.0813. The second-order valence-electron chi connectivity index (χ2n) is 7.79. The maximum atomic E-state index is 13.0. The second-order valence-corrected chi connectivity index (χ2v) is 9.72. The van der Waals surface area contributed by atoms with Gasteiger partial charge in [-0.2, -0.15) is 4.31 Å². The van der Waals surface area contributed by atoms with Gasteiger partial charge in [-0.25, -0.2) is 8.42 Å². The van der Waals surface area contributed by atoms with E-state index in [1.807, 2.05) is 19.9 Å². The number of allylic oxidation sites excluding steroid dienone is 2. The van der Waals surface area contributed by atoms with E-state index in [0.29, 0.717) is 18.8 Å². The van der Waals surface area contributed by atoms with Crippen molar-refractivity contribution in [3.8, 4) is 0 Å². The molecule has 1 aliphatic heterocycles. The molecule has 1 fully saturated rings. The van der Waals surface area contributed by atoms with Gasteiger partial charge in [0.15, 0.2) is 0 Å². The van der Waals surface area contributed by atoms with Gasteiger partial charge >= 0.3 is 0 Å². The number of carbonyl (C=O) groups is 1. The largest absolute Gasteiger partial charge is 0.370 e. The number of sulfonamides is 1. The smallest absolute Gasteiger partial charge is 0.243 e. The van der Waals surface area contributed by atoms with Crippen LogP contribution < -0.4 is 10.2 Å². The van der Waals surface area contributed by atoms with Crippen LogP contribution in [0.1, 0.15) is 52.4 Å². The highest BCUT2D eigenvalue weighted by Crippen LogP contribution is 2.33. The van der Waals surface area contributed by atoms with Crippen molar-refractivity contribution >= 4 is 27.3 Å². The van der Waals surface area contributed by atoms with E-state index in [1.165, 1.54) is 10.7 Å². The lowest BCUT2D eigenvalue weighted by molar-refractivity contribution is -0.120. The van der Waals surface area contributed by atoms with Crippen molar-refractivity contribution in [1.29, 1.82) is 0 Å². The summed E-state index contributed by atoms with van der Waals surface area (Å²) in [4.78, 5) is 15.4. The molecule has 1 saturated heterocycles. The van der Waals surface area contributed by atoms with Crippen molar-refractivity contribution < 1.29 is 13.2 Å². The van der Waals surface area contributed by atoms with Crippen molar-refractivity contribution in [3.63, 3.8) is 0 Å². The van der Waals surface area contributed by atoms with E-state index in [1.54, 1.807) is 12.1 Å². The van der Waals surface area contributed by atoms with E-state index >= 15 is 0 Å². The van der Waals surface area contributed by atoms with Crippen molar-refractivity contribution in [1.82, 2.24) is 4.31 Å². The van der Waals surface area contributed by atoms with Gasteiger partial charge in [0, 0.05) is 32.1 Å². The monoisotopic (exact) mass is 419 g/mol. The molecule has 160 valence electrons. The Morgan fingerprint density at radius 3 is 2.48 bits per heavy atom. The van der Waals surface area contributed by atoms with Gasteiger partial charge in [0.25, 0.3) is 0 Å². The molecule has 1 N–H and O–H groups in total. The maximum absolute atomic E-state index is 13.0. The average molecular weight is 420 g/mol. The number of hydrogen-bond donors (Lipinski definition) is 1. The molecule has 1 aliphatic carbocycles. The maximum Gasteiger partial charge on any atom is 0.243 e. The fraction of sp³-hybridized carbons (Fsp3) is 0.591. The normalized spacial score (nSPS) is 20.1. The Morgan fingerprint density at radius 1 is 1.14 bits per heavy atom. The molecule has 1 aromatic rings. The first kappa shape index (κ1) is 21.8. The van der Waals surface area contributed by atoms with Crippen LogP contribution in [0.15, 0.2) is 35.2 Å². The standard InChI is InChI=1S/C22H33N3O3S/c1-3-25(4-2)29(27,28)19-13-14-21(24-15-9-6-10-16-24)20(17-19)23-22(26)18-11-7-5-8-12-18/h5,7,13-14,17-18H,3-4,6,8-12,15-16H2,1-2H3,(H,23,26)/t18-/m1/s1. The molecule has 7 heteroatoms. The first-order valence-electron chi connectivity index (χ1n) is 10.8. The SMILES string of the molecule is CCN(CC)S(=O)(=O)c1ccc(N2CCCCC2)c(NC(=O)[C@@H]2CC=CCC2)c1. The molecule has 3 rings (SSSR count). The second kappa shape index (κ2) is 9.76. The van der Waals surface area contributed by atoms with E-state index in [-0.39, 0.29) is 16.7 Å². The van der Waals surface area contributed by atoms with Crippen molar-refractivity contribution in [2.45, 2.75) is 57.3 Å². The zero-order valence-electron chi connectivity index (χ0n) is 17.6. The zero-order chi connectivity index (χ0) is 20.9. The molecule has 6 nitrogen and oxygen atoms in total. The Morgan fingerprint density at radius 2 is 1.86 bits per heavy atom. The number of anilines is 2. The molecule has 29 heavy (non-hydrogen) atoms. The van der Waals surface area contributed by atoms with E-state index in [9.17, 15) is 13.2 Å². The van der Waals surface area contributed by atoms with Crippen molar-refractivity contribution in [2.75, 3.05) is 36.4 Å². The summed E-state index contributed by atoms with van der Waals surface area (Å²) < 4.78 is 27.5. The summed E-state index contributed by atoms with van der Waals surface area (Å²) in [6.07, 6.45) is 10.1. The molecule has 0 saturated carbocycles. The fourth-order valence-corrected chi connectivity index (χ4v) is 5.65. The number of rotatable bonds is 7. The third-order valence-electron chi connectivity index (χ3n) is 5.91. The van der Waals surface area contributed by atoms with Crippen molar-refractivity contribution in [3.05, 3.63) is 30.4 Å². The van der Waals surface area contributed by atoms with Gasteiger partial charge in [0.1, 0.15) is 0 Å². The summed E-state index contributed by atoms with van der Waals surface area (Å²) in [6.45, 7) is 6.37. The Kier molecular flexibility index (Phi) is 7.35. The number of nitrogens with one attached hydrogen (secondary N) is 1. The number of carbonyl (C=O) groups excluding carboxylic acids is 1. The van der Waals surface area contributed by atoms with Crippen LogP contribution in [0.4, 0.5) is 11.4 Å². The lowest BCUT2D eigenvalue weighted by Crippen LogP contribution is -2.32. The Labute approximate surface area is 175 Å². The van der Waals surface area contributed by atoms with E-state index in [2.05, 4.69) is 22.4 Å². The number of benzene rings is 1. The number of piperidine rings is 1. The summed E-state index contributed by atoms with van der Waals surface area (Å²) in [6, 6.07) is 5.18. The number of nitrogens with zero attached hydrogens (tertiary/aromatic N) is 2. The van der Waals surface area contributed by atoms with E-state index in [0.717, 1.165) is 50.9 Å². The molecule has 1 heterocycles. The predicted octanol–water partition coefficient (Wildman–Crippen LogP) is 4.00. The summed E-state index contributed by atoms with van der Waals surface area (Å²) >= 11 is 0. The minimum absolute atomic E-state index is 0.0232. The van der Waals surface area contributed by atoms with Gasteiger partial charge in [0.05, 0.1) is 16.3 Å². The highest BCUT2D eigenvalue weighted by molar-refractivity contribution is 7.89. The van der Waals surface area contributed by atoms with Crippen LogP contribution in [-0.4, -0.2) is 44.8 Å². The van der Waals surface area contributed by atoms with Gasteiger partial charge in [-0.1, -0.05) is 26.0 Å². The highest BCUT2D eigenvalue weighted by Gasteiger charge is 2.26. The van der Waals surface area contributed by atoms with Crippen LogP contribution in [-0.2, 0) is 14.8 Å². The Hall–Kier alpha value is -1.86. The lowest BCUT2D eigenvalue weighted by atomic mass is 9.93. The molecule has 0 radical (unpaired) electrons. The Bertz CT molecular complexity index is 841. The summed E-state index contributed by atoms with van der Waals surface area (Å²) in [7, 11) is -3.58. The molecule has 1 aromatic carbocycles. The van der Waals surface area contributed by atoms with Crippen LogP contribution in [0, 0.1) is 5.92 Å². The average Bonchev–Trinajstić information content (AvgIpc) is 2.75. The highest BCUT2D eigenvalue weighted by atomic mass is 32.2. The first-order chi connectivity index (χ1) is 14.0. The number of amides is 1.